The third-order valence-corrected chi connectivity index (χ3v) is 2.99. The van der Waals surface area contributed by atoms with E-state index in [2.05, 4.69) is 17.5 Å². The molecule has 1 rings (SSSR count). The number of hydrogen-bond acceptors (Lipinski definition) is 4. The van der Waals surface area contributed by atoms with Crippen molar-refractivity contribution in [1.82, 2.24) is 5.43 Å². The summed E-state index contributed by atoms with van der Waals surface area (Å²) >= 11 is 0. The summed E-state index contributed by atoms with van der Waals surface area (Å²) in [6.07, 6.45) is 7.30. The minimum absolute atomic E-state index is 0.00111. The van der Waals surface area contributed by atoms with E-state index in [1.807, 2.05) is 0 Å². The SMILES string of the molecule is CCCCCCCC(=O)N/N=C/c1cccc([N+](=O)[O-])c1. The molecule has 0 saturated heterocycles. The number of hydrogen-bond donors (Lipinski definition) is 1. The van der Waals surface area contributed by atoms with Gasteiger partial charge in [0.15, 0.2) is 0 Å². The largest absolute Gasteiger partial charge is 0.273 e. The number of carbonyl (C=O) groups excluding carboxylic acids is 1. The van der Waals surface area contributed by atoms with Crippen LogP contribution in [0.5, 0.6) is 0 Å². The van der Waals surface area contributed by atoms with Gasteiger partial charge in [-0.1, -0.05) is 44.7 Å². The average molecular weight is 291 g/mol. The van der Waals surface area contributed by atoms with Gasteiger partial charge in [0, 0.05) is 24.1 Å². The van der Waals surface area contributed by atoms with Crippen LogP contribution in [-0.4, -0.2) is 17.0 Å². The summed E-state index contributed by atoms with van der Waals surface area (Å²) in [7, 11) is 0. The van der Waals surface area contributed by atoms with Crippen LogP contribution in [0.15, 0.2) is 29.4 Å². The topological polar surface area (TPSA) is 84.6 Å². The second kappa shape index (κ2) is 9.63. The van der Waals surface area contributed by atoms with Crippen LogP contribution >= 0.6 is 0 Å². The first-order valence-corrected chi connectivity index (χ1v) is 7.20. The summed E-state index contributed by atoms with van der Waals surface area (Å²) in [5.74, 6) is -0.131. The lowest BCUT2D eigenvalue weighted by molar-refractivity contribution is -0.384. The second-order valence-corrected chi connectivity index (χ2v) is 4.81. The summed E-state index contributed by atoms with van der Waals surface area (Å²) in [5.41, 5.74) is 3.01. The Morgan fingerprint density at radius 3 is 2.81 bits per heavy atom. The van der Waals surface area contributed by atoms with E-state index in [4.69, 9.17) is 0 Å². The highest BCUT2D eigenvalue weighted by Crippen LogP contribution is 2.11. The molecule has 6 nitrogen and oxygen atoms in total. The van der Waals surface area contributed by atoms with E-state index >= 15 is 0 Å². The molecular weight excluding hydrogens is 270 g/mol. The quantitative estimate of drug-likeness (QED) is 0.327. The molecule has 0 spiro atoms. The van der Waals surface area contributed by atoms with Crippen LogP contribution in [0.2, 0.25) is 0 Å². The number of nitro benzene ring substituents is 1. The van der Waals surface area contributed by atoms with Crippen LogP contribution in [-0.2, 0) is 4.79 Å². The zero-order chi connectivity index (χ0) is 15.5. The molecule has 1 N–H and O–H groups in total. The first-order chi connectivity index (χ1) is 10.1. The molecule has 0 saturated carbocycles. The fourth-order valence-corrected chi connectivity index (χ4v) is 1.84. The zero-order valence-corrected chi connectivity index (χ0v) is 12.2. The maximum Gasteiger partial charge on any atom is 0.270 e. The third kappa shape index (κ3) is 7.20. The number of amides is 1. The van der Waals surface area contributed by atoms with Crippen LogP contribution in [0.1, 0.15) is 51.0 Å². The molecule has 0 aliphatic rings. The van der Waals surface area contributed by atoms with Crippen molar-refractivity contribution in [2.45, 2.75) is 45.4 Å². The molecule has 0 fully saturated rings. The number of nitrogens with zero attached hydrogens (tertiary/aromatic N) is 2. The van der Waals surface area contributed by atoms with Crippen molar-refractivity contribution in [3.63, 3.8) is 0 Å². The average Bonchev–Trinajstić information content (AvgIpc) is 2.47. The van der Waals surface area contributed by atoms with Crippen molar-refractivity contribution < 1.29 is 9.72 Å². The maximum absolute atomic E-state index is 11.5. The Labute approximate surface area is 124 Å². The number of nitrogens with one attached hydrogen (secondary N) is 1. The third-order valence-electron chi connectivity index (χ3n) is 2.99. The number of unbranched alkanes of at least 4 members (excludes halogenated alkanes) is 4. The molecule has 0 unspecified atom stereocenters. The summed E-state index contributed by atoms with van der Waals surface area (Å²) in [4.78, 5) is 21.7. The van der Waals surface area contributed by atoms with E-state index in [0.29, 0.717) is 12.0 Å². The van der Waals surface area contributed by atoms with Gasteiger partial charge in [0.2, 0.25) is 5.91 Å². The molecule has 0 aliphatic heterocycles. The standard InChI is InChI=1S/C15H21N3O3/c1-2-3-4-5-6-10-15(19)17-16-12-13-8-7-9-14(11-13)18(20)21/h7-9,11-12H,2-6,10H2,1H3,(H,17,19)/b16-12+. The maximum atomic E-state index is 11.5. The molecule has 0 aromatic heterocycles. The lowest BCUT2D eigenvalue weighted by atomic mass is 10.1. The van der Waals surface area contributed by atoms with Crippen molar-refractivity contribution in [3.05, 3.63) is 39.9 Å². The van der Waals surface area contributed by atoms with Gasteiger partial charge in [0.05, 0.1) is 11.1 Å². The molecule has 0 bridgehead atoms. The lowest BCUT2D eigenvalue weighted by Crippen LogP contribution is -2.16. The summed E-state index contributed by atoms with van der Waals surface area (Å²) in [6.45, 7) is 2.15. The van der Waals surface area contributed by atoms with Gasteiger partial charge in [-0.05, 0) is 6.42 Å². The summed E-state index contributed by atoms with van der Waals surface area (Å²) in [6, 6.07) is 6.08. The number of non-ortho nitro benzene ring substituents is 1. The fraction of sp³-hybridized carbons (Fsp3) is 0.467. The number of hydrazone groups is 1. The van der Waals surface area contributed by atoms with Crippen molar-refractivity contribution in [2.75, 3.05) is 0 Å². The minimum Gasteiger partial charge on any atom is -0.273 e. The number of benzene rings is 1. The molecule has 1 aromatic rings. The minimum atomic E-state index is -0.466. The molecule has 114 valence electrons. The highest BCUT2D eigenvalue weighted by molar-refractivity contribution is 5.83. The monoisotopic (exact) mass is 291 g/mol. The molecule has 0 heterocycles. The molecule has 6 heteroatoms. The van der Waals surface area contributed by atoms with Gasteiger partial charge in [-0.2, -0.15) is 5.10 Å². The van der Waals surface area contributed by atoms with Crippen LogP contribution in [0, 0.1) is 10.1 Å². The molecular formula is C15H21N3O3. The van der Waals surface area contributed by atoms with Crippen molar-refractivity contribution in [3.8, 4) is 0 Å². The van der Waals surface area contributed by atoms with Gasteiger partial charge in [0.1, 0.15) is 0 Å². The number of rotatable bonds is 9. The second-order valence-electron chi connectivity index (χ2n) is 4.81. The van der Waals surface area contributed by atoms with Crippen LogP contribution in [0.3, 0.4) is 0 Å². The van der Waals surface area contributed by atoms with Crippen molar-refractivity contribution in [2.24, 2.45) is 5.10 Å². The fourth-order valence-electron chi connectivity index (χ4n) is 1.84. The Kier molecular flexibility index (Phi) is 7.71. The Hall–Kier alpha value is -2.24. The first kappa shape index (κ1) is 16.8. The van der Waals surface area contributed by atoms with E-state index < -0.39 is 4.92 Å². The van der Waals surface area contributed by atoms with Gasteiger partial charge in [-0.15, -0.1) is 0 Å². The molecule has 1 aromatic carbocycles. The van der Waals surface area contributed by atoms with E-state index in [9.17, 15) is 14.9 Å². The predicted molar refractivity (Wildman–Crippen MR) is 82.2 cm³/mol. The Morgan fingerprint density at radius 2 is 2.10 bits per heavy atom. The molecule has 0 radical (unpaired) electrons. The predicted octanol–water partition coefficient (Wildman–Crippen LogP) is 3.41. The number of carbonyl (C=O) groups is 1. The van der Waals surface area contributed by atoms with Crippen LogP contribution in [0.25, 0.3) is 0 Å². The Bertz CT molecular complexity index is 501. The molecule has 0 atom stereocenters. The lowest BCUT2D eigenvalue weighted by Gasteiger charge is -2.00. The molecule has 21 heavy (non-hydrogen) atoms. The zero-order valence-electron chi connectivity index (χ0n) is 12.2. The normalized spacial score (nSPS) is 10.7. The highest BCUT2D eigenvalue weighted by atomic mass is 16.6. The number of nitro groups is 1. The van der Waals surface area contributed by atoms with Crippen LogP contribution in [0.4, 0.5) is 5.69 Å². The van der Waals surface area contributed by atoms with E-state index in [1.54, 1.807) is 12.1 Å². The first-order valence-electron chi connectivity index (χ1n) is 7.20. The van der Waals surface area contributed by atoms with E-state index in [0.717, 1.165) is 19.3 Å². The summed E-state index contributed by atoms with van der Waals surface area (Å²) in [5, 5.41) is 14.4. The van der Waals surface area contributed by atoms with Crippen LogP contribution < -0.4 is 5.43 Å². The Morgan fingerprint density at radius 1 is 1.33 bits per heavy atom. The van der Waals surface area contributed by atoms with E-state index in [-0.39, 0.29) is 11.6 Å². The smallest absolute Gasteiger partial charge is 0.270 e. The van der Waals surface area contributed by atoms with Gasteiger partial charge in [-0.3, -0.25) is 14.9 Å². The van der Waals surface area contributed by atoms with Gasteiger partial charge in [-0.25, -0.2) is 5.43 Å². The van der Waals surface area contributed by atoms with Gasteiger partial charge in [0.25, 0.3) is 5.69 Å². The molecule has 1 amide bonds. The Balaban J connectivity index is 2.32. The van der Waals surface area contributed by atoms with E-state index in [1.165, 1.54) is 31.2 Å². The van der Waals surface area contributed by atoms with Gasteiger partial charge >= 0.3 is 0 Å². The summed E-state index contributed by atoms with van der Waals surface area (Å²) < 4.78 is 0. The molecule has 0 aliphatic carbocycles. The van der Waals surface area contributed by atoms with Crippen molar-refractivity contribution >= 4 is 17.8 Å². The van der Waals surface area contributed by atoms with Crippen molar-refractivity contribution in [1.29, 1.82) is 0 Å². The highest BCUT2D eigenvalue weighted by Gasteiger charge is 2.04. The van der Waals surface area contributed by atoms with Gasteiger partial charge < -0.3 is 0 Å².